The number of halogens is 2. The largest absolute Gasteiger partial charge is 0.338 e. The first-order chi connectivity index (χ1) is 7.29. The lowest BCUT2D eigenvalue weighted by Crippen LogP contribution is -2.47. The highest BCUT2D eigenvalue weighted by atomic mass is 35.5. The summed E-state index contributed by atoms with van der Waals surface area (Å²) in [5.74, 6) is 0.270. The third kappa shape index (κ3) is 6.29. The molecule has 0 aliphatic carbocycles. The Morgan fingerprint density at radius 1 is 1.41 bits per heavy atom. The first kappa shape index (κ1) is 19.1. The van der Waals surface area contributed by atoms with Crippen molar-refractivity contribution >= 4 is 30.7 Å². The number of carbonyl (C=O) groups excluding carboxylic acids is 1. The van der Waals surface area contributed by atoms with Crippen LogP contribution in [-0.2, 0) is 4.79 Å². The highest BCUT2D eigenvalue weighted by Gasteiger charge is 2.24. The zero-order valence-electron chi connectivity index (χ0n) is 10.3. The summed E-state index contributed by atoms with van der Waals surface area (Å²) >= 11 is 0. The molecule has 1 atom stereocenters. The number of carbonyl (C=O) groups is 1. The predicted octanol–water partition coefficient (Wildman–Crippen LogP) is 2.53. The Bertz CT molecular complexity index is 225. The predicted molar refractivity (Wildman–Crippen MR) is 77.0 cm³/mol. The average Bonchev–Trinajstić information content (AvgIpc) is 2.29. The van der Waals surface area contributed by atoms with Gasteiger partial charge in [-0.05, 0) is 32.1 Å². The Labute approximate surface area is 117 Å². The molecule has 0 radical (unpaired) electrons. The van der Waals surface area contributed by atoms with E-state index in [1.807, 2.05) is 11.0 Å². The molecule has 0 spiro atoms. The van der Waals surface area contributed by atoms with Gasteiger partial charge in [-0.25, -0.2) is 0 Å². The van der Waals surface area contributed by atoms with Gasteiger partial charge >= 0.3 is 0 Å². The van der Waals surface area contributed by atoms with E-state index in [2.05, 4.69) is 6.58 Å². The molecular formula is C12H24Cl2N2O. The summed E-state index contributed by atoms with van der Waals surface area (Å²) in [6.07, 6.45) is 7.75. The molecule has 1 heterocycles. The Hall–Kier alpha value is -0.250. The van der Waals surface area contributed by atoms with Gasteiger partial charge in [-0.2, -0.15) is 0 Å². The highest BCUT2D eigenvalue weighted by Crippen LogP contribution is 2.17. The van der Waals surface area contributed by atoms with Crippen molar-refractivity contribution in [1.29, 1.82) is 0 Å². The molecule has 0 aromatic rings. The number of unbranched alkanes of at least 4 members (excludes halogenated alkanes) is 1. The van der Waals surface area contributed by atoms with Crippen molar-refractivity contribution in [1.82, 2.24) is 4.90 Å². The molecule has 1 saturated heterocycles. The average molecular weight is 283 g/mol. The van der Waals surface area contributed by atoms with Crippen molar-refractivity contribution in [2.24, 2.45) is 5.73 Å². The van der Waals surface area contributed by atoms with Gasteiger partial charge in [0.05, 0.1) is 0 Å². The Balaban J connectivity index is 0. The fraction of sp³-hybridized carbons (Fsp3) is 0.750. The minimum atomic E-state index is 0. The van der Waals surface area contributed by atoms with E-state index < -0.39 is 0 Å². The second-order valence-electron chi connectivity index (χ2n) is 4.15. The summed E-state index contributed by atoms with van der Waals surface area (Å²) in [7, 11) is 0. The number of likely N-dealkylation sites (tertiary alicyclic amines) is 1. The van der Waals surface area contributed by atoms with E-state index in [-0.39, 0.29) is 36.8 Å². The lowest BCUT2D eigenvalue weighted by molar-refractivity contribution is -0.134. The van der Waals surface area contributed by atoms with E-state index in [1.54, 1.807) is 0 Å². The SMILES string of the molecule is C=CCCCC(=O)N1CCCCC1CN.Cl.Cl. The molecule has 1 aliphatic rings. The van der Waals surface area contributed by atoms with Gasteiger partial charge in [0.15, 0.2) is 0 Å². The number of nitrogens with zero attached hydrogens (tertiary/aromatic N) is 1. The molecule has 3 nitrogen and oxygen atoms in total. The van der Waals surface area contributed by atoms with Crippen LogP contribution in [0.4, 0.5) is 0 Å². The molecule has 0 aromatic heterocycles. The van der Waals surface area contributed by atoms with Crippen LogP contribution in [0.15, 0.2) is 12.7 Å². The van der Waals surface area contributed by atoms with Gasteiger partial charge in [0.2, 0.25) is 5.91 Å². The Morgan fingerprint density at radius 2 is 2.12 bits per heavy atom. The van der Waals surface area contributed by atoms with Crippen LogP contribution in [0.1, 0.15) is 38.5 Å². The molecule has 0 aromatic carbocycles. The van der Waals surface area contributed by atoms with E-state index in [0.717, 1.165) is 32.2 Å². The van der Waals surface area contributed by atoms with Crippen molar-refractivity contribution in [2.75, 3.05) is 13.1 Å². The first-order valence-corrected chi connectivity index (χ1v) is 5.90. The molecule has 1 aliphatic heterocycles. The molecular weight excluding hydrogens is 259 g/mol. The first-order valence-electron chi connectivity index (χ1n) is 5.90. The molecule has 1 unspecified atom stereocenters. The fourth-order valence-corrected chi connectivity index (χ4v) is 2.12. The van der Waals surface area contributed by atoms with E-state index in [4.69, 9.17) is 5.73 Å². The minimum Gasteiger partial charge on any atom is -0.338 e. The number of hydrogen-bond acceptors (Lipinski definition) is 2. The molecule has 5 heteroatoms. The third-order valence-electron chi connectivity index (χ3n) is 3.02. The summed E-state index contributed by atoms with van der Waals surface area (Å²) in [5, 5.41) is 0. The van der Waals surface area contributed by atoms with Crippen LogP contribution < -0.4 is 5.73 Å². The van der Waals surface area contributed by atoms with Gasteiger partial charge in [0, 0.05) is 25.6 Å². The van der Waals surface area contributed by atoms with E-state index in [9.17, 15) is 4.79 Å². The molecule has 2 N–H and O–H groups in total. The zero-order chi connectivity index (χ0) is 11.1. The number of hydrogen-bond donors (Lipinski definition) is 1. The molecule has 0 saturated carbocycles. The van der Waals surface area contributed by atoms with Gasteiger partial charge in [-0.1, -0.05) is 6.08 Å². The van der Waals surface area contributed by atoms with Crippen LogP contribution in [0.5, 0.6) is 0 Å². The number of piperidine rings is 1. The van der Waals surface area contributed by atoms with E-state index >= 15 is 0 Å². The summed E-state index contributed by atoms with van der Waals surface area (Å²) < 4.78 is 0. The summed E-state index contributed by atoms with van der Waals surface area (Å²) in [5.41, 5.74) is 5.68. The standard InChI is InChI=1S/C12H22N2O.2ClH/c1-2-3-4-8-12(15)14-9-6-5-7-11(14)10-13;;/h2,11H,1,3-10,13H2;2*1H. The fourth-order valence-electron chi connectivity index (χ4n) is 2.12. The van der Waals surface area contributed by atoms with E-state index in [1.165, 1.54) is 6.42 Å². The quantitative estimate of drug-likeness (QED) is 0.622. The second-order valence-corrected chi connectivity index (χ2v) is 4.15. The van der Waals surface area contributed by atoms with Gasteiger partial charge in [0.25, 0.3) is 0 Å². The summed E-state index contributed by atoms with van der Waals surface area (Å²) in [6, 6.07) is 0.287. The van der Waals surface area contributed by atoms with Crippen molar-refractivity contribution in [3.05, 3.63) is 12.7 Å². The van der Waals surface area contributed by atoms with Crippen LogP contribution in [0.25, 0.3) is 0 Å². The minimum absolute atomic E-state index is 0. The summed E-state index contributed by atoms with van der Waals surface area (Å²) in [4.78, 5) is 13.9. The van der Waals surface area contributed by atoms with Crippen molar-refractivity contribution in [3.63, 3.8) is 0 Å². The normalized spacial score (nSPS) is 18.9. The lowest BCUT2D eigenvalue weighted by Gasteiger charge is -2.35. The highest BCUT2D eigenvalue weighted by molar-refractivity contribution is 5.85. The number of allylic oxidation sites excluding steroid dienone is 1. The van der Waals surface area contributed by atoms with Crippen LogP contribution in [0, 0.1) is 0 Å². The Kier molecular flexibility index (Phi) is 12.2. The van der Waals surface area contributed by atoms with Crippen LogP contribution in [0.2, 0.25) is 0 Å². The smallest absolute Gasteiger partial charge is 0.222 e. The van der Waals surface area contributed by atoms with Gasteiger partial charge in [0.1, 0.15) is 0 Å². The number of nitrogens with two attached hydrogens (primary N) is 1. The van der Waals surface area contributed by atoms with Crippen LogP contribution in [0.3, 0.4) is 0 Å². The topological polar surface area (TPSA) is 46.3 Å². The molecule has 0 bridgehead atoms. The monoisotopic (exact) mass is 282 g/mol. The van der Waals surface area contributed by atoms with Crippen LogP contribution >= 0.6 is 24.8 Å². The number of rotatable bonds is 5. The zero-order valence-corrected chi connectivity index (χ0v) is 11.9. The molecule has 1 fully saturated rings. The molecule has 1 rings (SSSR count). The maximum atomic E-state index is 11.9. The van der Waals surface area contributed by atoms with Gasteiger partial charge in [-0.3, -0.25) is 4.79 Å². The van der Waals surface area contributed by atoms with Crippen molar-refractivity contribution in [2.45, 2.75) is 44.6 Å². The maximum absolute atomic E-state index is 11.9. The van der Waals surface area contributed by atoms with Crippen molar-refractivity contribution in [3.8, 4) is 0 Å². The second kappa shape index (κ2) is 10.9. The van der Waals surface area contributed by atoms with E-state index in [0.29, 0.717) is 13.0 Å². The molecule has 1 amide bonds. The Morgan fingerprint density at radius 3 is 2.71 bits per heavy atom. The lowest BCUT2D eigenvalue weighted by atomic mass is 10.0. The third-order valence-corrected chi connectivity index (χ3v) is 3.02. The molecule has 102 valence electrons. The van der Waals surface area contributed by atoms with Gasteiger partial charge in [-0.15, -0.1) is 31.4 Å². The van der Waals surface area contributed by atoms with Crippen molar-refractivity contribution < 1.29 is 4.79 Å². The van der Waals surface area contributed by atoms with Crippen LogP contribution in [-0.4, -0.2) is 29.9 Å². The summed E-state index contributed by atoms with van der Waals surface area (Å²) in [6.45, 7) is 5.16. The maximum Gasteiger partial charge on any atom is 0.222 e. The number of amides is 1. The molecule has 17 heavy (non-hydrogen) atoms. The van der Waals surface area contributed by atoms with Gasteiger partial charge < -0.3 is 10.6 Å².